The highest BCUT2D eigenvalue weighted by Gasteiger charge is 2.14. The van der Waals surface area contributed by atoms with Crippen molar-refractivity contribution >= 4 is 34.0 Å². The molecule has 0 saturated carbocycles. The fourth-order valence-electron chi connectivity index (χ4n) is 3.85. The van der Waals surface area contributed by atoms with Gasteiger partial charge in [-0.2, -0.15) is 10.2 Å². The molecule has 0 bridgehead atoms. The van der Waals surface area contributed by atoms with Crippen molar-refractivity contribution in [3.8, 4) is 11.5 Å². The van der Waals surface area contributed by atoms with Crippen LogP contribution in [0.4, 0.5) is 17.1 Å². The summed E-state index contributed by atoms with van der Waals surface area (Å²) in [5.74, 6) is 2.59. The highest BCUT2D eigenvalue weighted by Crippen LogP contribution is 2.26. The molecule has 0 spiro atoms. The first-order valence-electron chi connectivity index (χ1n) is 12.9. The van der Waals surface area contributed by atoms with Crippen LogP contribution in [0.2, 0.25) is 0 Å². The molecule has 7 heteroatoms. The van der Waals surface area contributed by atoms with Crippen molar-refractivity contribution in [2.75, 3.05) is 20.0 Å². The molecule has 0 aromatic heterocycles. The van der Waals surface area contributed by atoms with Crippen LogP contribution in [-0.4, -0.2) is 30.0 Å². The van der Waals surface area contributed by atoms with Gasteiger partial charge in [0.25, 0.3) is 0 Å². The zero-order chi connectivity index (χ0) is 27.5. The van der Waals surface area contributed by atoms with E-state index in [4.69, 9.17) is 14.5 Å². The maximum absolute atomic E-state index is 5.35. The lowest BCUT2D eigenvalue weighted by atomic mass is 10.1. The molecule has 0 atom stereocenters. The zero-order valence-corrected chi connectivity index (χ0v) is 23.7. The third-order valence-electron chi connectivity index (χ3n) is 6.00. The lowest BCUT2D eigenvalue weighted by Gasteiger charge is -2.26. The molecular weight excluding hydrogens is 504 g/mol. The van der Waals surface area contributed by atoms with Gasteiger partial charge in [-0.05, 0) is 84.5 Å². The third kappa shape index (κ3) is 8.45. The normalized spacial score (nSPS) is 11.5. The Morgan fingerprint density at radius 1 is 0.641 bits per heavy atom. The maximum Gasteiger partial charge on any atom is 0.164 e. The second kappa shape index (κ2) is 14.2. The minimum atomic E-state index is 0.713. The van der Waals surface area contributed by atoms with Gasteiger partial charge in [-0.15, -0.1) is 0 Å². The third-order valence-corrected chi connectivity index (χ3v) is 6.89. The molecule has 4 rings (SSSR count). The van der Waals surface area contributed by atoms with Crippen molar-refractivity contribution in [2.24, 2.45) is 15.2 Å². The summed E-state index contributed by atoms with van der Waals surface area (Å²) in [4.78, 5) is 7.37. The van der Waals surface area contributed by atoms with E-state index < -0.39 is 0 Å². The summed E-state index contributed by atoms with van der Waals surface area (Å²) in [6, 6.07) is 32.2. The van der Waals surface area contributed by atoms with E-state index >= 15 is 0 Å². The van der Waals surface area contributed by atoms with Crippen LogP contribution in [0.1, 0.15) is 23.6 Å². The number of hydrogen-bond acceptors (Lipinski definition) is 6. The van der Waals surface area contributed by atoms with E-state index in [1.807, 2.05) is 72.8 Å². The topological polar surface area (TPSA) is 58.8 Å². The molecule has 0 radical (unpaired) electrons. The summed E-state index contributed by atoms with van der Waals surface area (Å²) in [7, 11) is 3.37. The van der Waals surface area contributed by atoms with Gasteiger partial charge in [-0.1, -0.05) is 60.6 Å². The Balaban J connectivity index is 1.58. The van der Waals surface area contributed by atoms with Crippen molar-refractivity contribution in [1.82, 2.24) is 4.90 Å². The highest BCUT2D eigenvalue weighted by molar-refractivity contribution is 8.13. The van der Waals surface area contributed by atoms with Crippen LogP contribution in [-0.2, 0) is 13.1 Å². The molecule has 0 heterocycles. The fraction of sp³-hybridized carbons (Fsp3) is 0.219. The van der Waals surface area contributed by atoms with Gasteiger partial charge in [0.05, 0.1) is 31.3 Å². The van der Waals surface area contributed by atoms with Gasteiger partial charge in [0.15, 0.2) is 5.17 Å². The Labute approximate surface area is 235 Å². The molecular formula is C32H34N4O2S. The maximum atomic E-state index is 5.35. The largest absolute Gasteiger partial charge is 0.497 e. The number of nitrogens with zero attached hydrogens (tertiary/aromatic N) is 4. The van der Waals surface area contributed by atoms with Crippen molar-refractivity contribution in [3.05, 3.63) is 114 Å². The minimum Gasteiger partial charge on any atom is -0.497 e. The Hall–Kier alpha value is -4.10. The number of benzene rings is 4. The van der Waals surface area contributed by atoms with E-state index in [2.05, 4.69) is 53.2 Å². The summed E-state index contributed by atoms with van der Waals surface area (Å²) in [5, 5.41) is 9.68. The van der Waals surface area contributed by atoms with Gasteiger partial charge >= 0.3 is 0 Å². The van der Waals surface area contributed by atoms with Crippen molar-refractivity contribution < 1.29 is 9.47 Å². The Kier molecular flexibility index (Phi) is 10.1. The predicted molar refractivity (Wildman–Crippen MR) is 162 cm³/mol. The average Bonchev–Trinajstić information content (AvgIpc) is 2.98. The highest BCUT2D eigenvalue weighted by atomic mass is 32.2. The number of methoxy groups -OCH3 is 2. The Morgan fingerprint density at radius 2 is 1.08 bits per heavy atom. The second-order valence-electron chi connectivity index (χ2n) is 8.93. The van der Waals surface area contributed by atoms with Gasteiger partial charge in [0.2, 0.25) is 0 Å². The molecule has 0 amide bonds. The van der Waals surface area contributed by atoms with E-state index in [0.717, 1.165) is 39.5 Å². The Bertz CT molecular complexity index is 1320. The van der Waals surface area contributed by atoms with E-state index in [1.54, 1.807) is 26.0 Å². The van der Waals surface area contributed by atoms with E-state index in [9.17, 15) is 0 Å². The summed E-state index contributed by atoms with van der Waals surface area (Å²) in [6.07, 6.45) is 0. The molecule has 39 heavy (non-hydrogen) atoms. The lowest BCUT2D eigenvalue weighted by Crippen LogP contribution is -2.28. The van der Waals surface area contributed by atoms with E-state index in [0.29, 0.717) is 13.1 Å². The molecule has 0 saturated heterocycles. The molecule has 0 aliphatic heterocycles. The van der Waals surface area contributed by atoms with Gasteiger partial charge in [-0.25, -0.2) is 4.99 Å². The predicted octanol–water partition coefficient (Wildman–Crippen LogP) is 8.87. The Morgan fingerprint density at radius 3 is 1.51 bits per heavy atom. The van der Waals surface area contributed by atoms with Gasteiger partial charge in [-0.3, -0.25) is 0 Å². The van der Waals surface area contributed by atoms with Crippen molar-refractivity contribution in [1.29, 1.82) is 0 Å². The van der Waals surface area contributed by atoms with Crippen LogP contribution < -0.4 is 9.47 Å². The van der Waals surface area contributed by atoms with Crippen LogP contribution >= 0.6 is 11.8 Å². The molecule has 0 unspecified atom stereocenters. The fourth-order valence-corrected chi connectivity index (χ4v) is 4.59. The lowest BCUT2D eigenvalue weighted by molar-refractivity contribution is 0.405. The number of amidine groups is 1. The first-order valence-corrected chi connectivity index (χ1v) is 13.9. The standard InChI is InChI=1S/C32H34N4O2S/c1-5-39-32(33-27-14-16-29(17-15-27)35-34-28-12-6-24(2)7-13-28)36(22-25-8-18-30(37-3)19-9-25)23-26-10-20-31(38-4)21-11-26/h6-21H,5,22-23H2,1-4H3. The van der Waals surface area contributed by atoms with Crippen molar-refractivity contribution in [3.63, 3.8) is 0 Å². The number of rotatable bonds is 10. The molecule has 0 aliphatic rings. The zero-order valence-electron chi connectivity index (χ0n) is 22.9. The number of thioether (sulfide) groups is 1. The summed E-state index contributed by atoms with van der Waals surface area (Å²) >= 11 is 1.73. The van der Waals surface area contributed by atoms with Crippen LogP contribution in [0.5, 0.6) is 11.5 Å². The smallest absolute Gasteiger partial charge is 0.164 e. The number of ether oxygens (including phenoxy) is 2. The van der Waals surface area contributed by atoms with Crippen LogP contribution in [0.25, 0.3) is 0 Å². The first kappa shape index (κ1) is 27.9. The summed E-state index contributed by atoms with van der Waals surface area (Å²) < 4.78 is 10.7. The number of aryl methyl sites for hydroxylation is 1. The van der Waals surface area contributed by atoms with Gasteiger partial charge in [0.1, 0.15) is 11.5 Å². The number of azo groups is 1. The second-order valence-corrected chi connectivity index (χ2v) is 10.2. The monoisotopic (exact) mass is 538 g/mol. The average molecular weight is 539 g/mol. The number of hydrogen-bond donors (Lipinski definition) is 0. The molecule has 0 aliphatic carbocycles. The number of aliphatic imine (C=N–C) groups is 1. The quantitative estimate of drug-likeness (QED) is 0.115. The molecule has 200 valence electrons. The minimum absolute atomic E-state index is 0.713. The first-order chi connectivity index (χ1) is 19.1. The van der Waals surface area contributed by atoms with Crippen molar-refractivity contribution in [2.45, 2.75) is 26.9 Å². The molecule has 4 aromatic carbocycles. The van der Waals surface area contributed by atoms with E-state index in [-0.39, 0.29) is 0 Å². The van der Waals surface area contributed by atoms with Gasteiger partial charge in [0, 0.05) is 13.1 Å². The SMILES string of the molecule is CCSC(=Nc1ccc(N=Nc2ccc(C)cc2)cc1)N(Cc1ccc(OC)cc1)Cc1ccc(OC)cc1. The molecule has 0 fully saturated rings. The van der Waals surface area contributed by atoms with Crippen LogP contribution in [0, 0.1) is 6.92 Å². The van der Waals surface area contributed by atoms with Crippen LogP contribution in [0.3, 0.4) is 0 Å². The molecule has 4 aromatic rings. The molecule has 0 N–H and O–H groups in total. The van der Waals surface area contributed by atoms with Gasteiger partial charge < -0.3 is 14.4 Å². The molecule has 6 nitrogen and oxygen atoms in total. The summed E-state index contributed by atoms with van der Waals surface area (Å²) in [5.41, 5.74) is 6.05. The summed E-state index contributed by atoms with van der Waals surface area (Å²) in [6.45, 7) is 5.63. The van der Waals surface area contributed by atoms with E-state index in [1.165, 1.54) is 16.7 Å². The van der Waals surface area contributed by atoms with Crippen LogP contribution in [0.15, 0.2) is 112 Å².